The quantitative estimate of drug-likeness (QED) is 0.866. The Bertz CT molecular complexity index is 458. The van der Waals surface area contributed by atoms with Gasteiger partial charge in [0.2, 0.25) is 0 Å². The Labute approximate surface area is 112 Å². The van der Waals surface area contributed by atoms with Gasteiger partial charge in [-0.05, 0) is 36.8 Å². The summed E-state index contributed by atoms with van der Waals surface area (Å²) in [5.41, 5.74) is 0. The first-order valence-corrected chi connectivity index (χ1v) is 7.24. The number of aromatic nitrogens is 4. The number of nitrogens with zero attached hydrogens (tertiary/aromatic N) is 4. The van der Waals surface area contributed by atoms with E-state index in [1.165, 1.54) is 36.9 Å². The highest BCUT2D eigenvalue weighted by molar-refractivity contribution is 5.85. The standard InChI is InChI=1S/C13H21N5O/c1-18-16-13(15-17-18)8-12(19)11-7-6-9-4-2-3-5-10(9)14-11/h9-11,14H,2-8H2,1H3. The Hall–Kier alpha value is -1.30. The van der Waals surface area contributed by atoms with Gasteiger partial charge in [-0.15, -0.1) is 10.2 Å². The van der Waals surface area contributed by atoms with Gasteiger partial charge in [0, 0.05) is 6.04 Å². The minimum atomic E-state index is -0.0110. The van der Waals surface area contributed by atoms with Crippen LogP contribution in [0.5, 0.6) is 0 Å². The summed E-state index contributed by atoms with van der Waals surface area (Å²) in [5, 5.41) is 15.3. The van der Waals surface area contributed by atoms with Gasteiger partial charge in [-0.3, -0.25) is 4.79 Å². The molecule has 104 valence electrons. The second kappa shape index (κ2) is 5.36. The number of tetrazole rings is 1. The lowest BCUT2D eigenvalue weighted by Crippen LogP contribution is -2.52. The van der Waals surface area contributed by atoms with Gasteiger partial charge in [0.1, 0.15) is 0 Å². The van der Waals surface area contributed by atoms with Crippen LogP contribution in [0.3, 0.4) is 0 Å². The highest BCUT2D eigenvalue weighted by atomic mass is 16.1. The van der Waals surface area contributed by atoms with E-state index in [1.54, 1.807) is 7.05 Å². The van der Waals surface area contributed by atoms with E-state index < -0.39 is 0 Å². The average Bonchev–Trinajstić information content (AvgIpc) is 2.83. The third-order valence-corrected chi connectivity index (χ3v) is 4.42. The van der Waals surface area contributed by atoms with Crippen LogP contribution in [-0.2, 0) is 18.3 Å². The fourth-order valence-corrected chi connectivity index (χ4v) is 3.42. The summed E-state index contributed by atoms with van der Waals surface area (Å²) in [4.78, 5) is 13.7. The zero-order chi connectivity index (χ0) is 13.2. The molecule has 1 aromatic rings. The third kappa shape index (κ3) is 2.83. The SMILES string of the molecule is Cn1nnc(CC(=O)C2CCC3CCCCC3N2)n1. The molecule has 6 heteroatoms. The van der Waals surface area contributed by atoms with E-state index in [-0.39, 0.29) is 11.8 Å². The molecule has 19 heavy (non-hydrogen) atoms. The molecule has 2 fully saturated rings. The first kappa shape index (κ1) is 12.7. The summed E-state index contributed by atoms with van der Waals surface area (Å²) < 4.78 is 0. The fourth-order valence-electron chi connectivity index (χ4n) is 3.42. The van der Waals surface area contributed by atoms with Crippen molar-refractivity contribution in [2.45, 2.75) is 57.0 Å². The van der Waals surface area contributed by atoms with Gasteiger partial charge in [0.25, 0.3) is 0 Å². The highest BCUT2D eigenvalue weighted by Crippen LogP contribution is 2.32. The molecule has 6 nitrogen and oxygen atoms in total. The van der Waals surface area contributed by atoms with E-state index in [9.17, 15) is 4.79 Å². The number of Topliss-reactive ketones (excluding diaryl/α,β-unsaturated/α-hetero) is 1. The molecule has 0 spiro atoms. The maximum absolute atomic E-state index is 12.3. The monoisotopic (exact) mass is 263 g/mol. The Morgan fingerprint density at radius 3 is 2.95 bits per heavy atom. The van der Waals surface area contributed by atoms with Gasteiger partial charge in [-0.1, -0.05) is 12.8 Å². The zero-order valence-corrected chi connectivity index (χ0v) is 11.4. The second-order valence-electron chi connectivity index (χ2n) is 5.79. The molecule has 3 unspecified atom stereocenters. The second-order valence-corrected chi connectivity index (χ2v) is 5.79. The molecule has 3 rings (SSSR count). The topological polar surface area (TPSA) is 72.7 Å². The Balaban J connectivity index is 1.58. The molecule has 0 bridgehead atoms. The first-order valence-electron chi connectivity index (χ1n) is 7.24. The lowest BCUT2D eigenvalue weighted by Gasteiger charge is -2.39. The van der Waals surface area contributed by atoms with Crippen molar-refractivity contribution < 1.29 is 4.79 Å². The number of hydrogen-bond donors (Lipinski definition) is 1. The number of fused-ring (bicyclic) bond motifs is 1. The van der Waals surface area contributed by atoms with Gasteiger partial charge < -0.3 is 5.32 Å². The molecule has 1 saturated carbocycles. The summed E-state index contributed by atoms with van der Waals surface area (Å²) >= 11 is 0. The van der Waals surface area contributed by atoms with Crippen molar-refractivity contribution in [1.29, 1.82) is 0 Å². The van der Waals surface area contributed by atoms with Gasteiger partial charge in [-0.25, -0.2) is 0 Å². The van der Waals surface area contributed by atoms with Crippen LogP contribution < -0.4 is 5.32 Å². The van der Waals surface area contributed by atoms with E-state index in [1.807, 2.05) is 0 Å². The number of rotatable bonds is 3. The largest absolute Gasteiger partial charge is 0.304 e. The highest BCUT2D eigenvalue weighted by Gasteiger charge is 2.34. The molecule has 0 aromatic carbocycles. The maximum Gasteiger partial charge on any atom is 0.182 e. The van der Waals surface area contributed by atoms with Crippen molar-refractivity contribution in [2.24, 2.45) is 13.0 Å². The molecule has 0 radical (unpaired) electrons. The molecule has 1 N–H and O–H groups in total. The summed E-state index contributed by atoms with van der Waals surface area (Å²) in [6, 6.07) is 0.537. The van der Waals surface area contributed by atoms with Crippen molar-refractivity contribution in [1.82, 2.24) is 25.5 Å². The van der Waals surface area contributed by atoms with Crippen LogP contribution in [-0.4, -0.2) is 38.1 Å². The van der Waals surface area contributed by atoms with Crippen LogP contribution in [0.1, 0.15) is 44.3 Å². The number of hydrogen-bond acceptors (Lipinski definition) is 5. The number of carbonyl (C=O) groups is 1. The van der Waals surface area contributed by atoms with Gasteiger partial charge in [-0.2, -0.15) is 4.80 Å². The first-order chi connectivity index (χ1) is 9.22. The van der Waals surface area contributed by atoms with Crippen LogP contribution in [0.4, 0.5) is 0 Å². The molecule has 3 atom stereocenters. The number of carbonyl (C=O) groups excluding carboxylic acids is 1. The lowest BCUT2D eigenvalue weighted by atomic mass is 9.77. The molecule has 1 aromatic heterocycles. The zero-order valence-electron chi connectivity index (χ0n) is 11.4. The van der Waals surface area contributed by atoms with E-state index in [0.29, 0.717) is 18.3 Å². The fraction of sp³-hybridized carbons (Fsp3) is 0.846. The minimum absolute atomic E-state index is 0.0110. The van der Waals surface area contributed by atoms with E-state index >= 15 is 0 Å². The van der Waals surface area contributed by atoms with E-state index in [0.717, 1.165) is 12.3 Å². The smallest absolute Gasteiger partial charge is 0.182 e. The molecule has 1 aliphatic heterocycles. The Morgan fingerprint density at radius 1 is 1.32 bits per heavy atom. The van der Waals surface area contributed by atoms with E-state index in [4.69, 9.17) is 0 Å². The van der Waals surface area contributed by atoms with Crippen LogP contribution >= 0.6 is 0 Å². The van der Waals surface area contributed by atoms with E-state index in [2.05, 4.69) is 20.7 Å². The van der Waals surface area contributed by atoms with Gasteiger partial charge in [0.05, 0.1) is 19.5 Å². The molecule has 0 amide bonds. The van der Waals surface area contributed by atoms with Crippen molar-refractivity contribution >= 4 is 5.78 Å². The van der Waals surface area contributed by atoms with Crippen LogP contribution in [0.25, 0.3) is 0 Å². The predicted molar refractivity (Wildman–Crippen MR) is 69.4 cm³/mol. The number of aryl methyl sites for hydroxylation is 1. The minimum Gasteiger partial charge on any atom is -0.304 e. The predicted octanol–water partition coefficient (Wildman–Crippen LogP) is 0.632. The number of piperidine rings is 1. The molecular weight excluding hydrogens is 242 g/mol. The van der Waals surface area contributed by atoms with Crippen molar-refractivity contribution in [3.05, 3.63) is 5.82 Å². The Kier molecular flexibility index (Phi) is 3.59. The van der Waals surface area contributed by atoms with Gasteiger partial charge >= 0.3 is 0 Å². The van der Waals surface area contributed by atoms with Crippen LogP contribution in [0.2, 0.25) is 0 Å². The molecule has 1 saturated heterocycles. The van der Waals surface area contributed by atoms with Gasteiger partial charge in [0.15, 0.2) is 11.6 Å². The van der Waals surface area contributed by atoms with Crippen molar-refractivity contribution in [2.75, 3.05) is 0 Å². The molecule has 1 aliphatic carbocycles. The number of nitrogens with one attached hydrogen (secondary N) is 1. The van der Waals surface area contributed by atoms with Crippen LogP contribution in [0, 0.1) is 5.92 Å². The maximum atomic E-state index is 12.3. The third-order valence-electron chi connectivity index (χ3n) is 4.42. The average molecular weight is 263 g/mol. The normalized spacial score (nSPS) is 30.9. The molecule has 2 aliphatic rings. The van der Waals surface area contributed by atoms with Crippen molar-refractivity contribution in [3.63, 3.8) is 0 Å². The van der Waals surface area contributed by atoms with Crippen LogP contribution in [0.15, 0.2) is 0 Å². The molecule has 2 heterocycles. The summed E-state index contributed by atoms with van der Waals surface area (Å²) in [5.74, 6) is 1.52. The number of ketones is 1. The summed E-state index contributed by atoms with van der Waals surface area (Å²) in [6.07, 6.45) is 7.62. The summed E-state index contributed by atoms with van der Waals surface area (Å²) in [7, 11) is 1.71. The Morgan fingerprint density at radius 2 is 2.16 bits per heavy atom. The lowest BCUT2D eigenvalue weighted by molar-refractivity contribution is -0.121. The molecular formula is C13H21N5O. The summed E-state index contributed by atoms with van der Waals surface area (Å²) in [6.45, 7) is 0. The van der Waals surface area contributed by atoms with Crippen molar-refractivity contribution in [3.8, 4) is 0 Å².